The van der Waals surface area contributed by atoms with E-state index in [4.69, 9.17) is 9.84 Å². The van der Waals surface area contributed by atoms with Gasteiger partial charge < -0.3 is 14.7 Å². The van der Waals surface area contributed by atoms with E-state index in [1.807, 2.05) is 0 Å². The van der Waals surface area contributed by atoms with Crippen molar-refractivity contribution in [3.8, 4) is 0 Å². The molecule has 1 heterocycles. The lowest BCUT2D eigenvalue weighted by Crippen LogP contribution is -2.50. The van der Waals surface area contributed by atoms with E-state index in [2.05, 4.69) is 0 Å². The predicted molar refractivity (Wildman–Crippen MR) is 48.7 cm³/mol. The number of hydrogen-bond donors (Lipinski definition) is 1. The minimum absolute atomic E-state index is 0.175. The fourth-order valence-corrected chi connectivity index (χ4v) is 1.53. The number of alkyl halides is 3. The minimum atomic E-state index is -4.32. The zero-order valence-electron chi connectivity index (χ0n) is 8.66. The molecule has 7 heteroatoms. The van der Waals surface area contributed by atoms with Gasteiger partial charge in [0, 0.05) is 13.0 Å². The maximum absolute atomic E-state index is 11.9. The molecule has 0 aromatic rings. The molecule has 1 fully saturated rings. The summed E-state index contributed by atoms with van der Waals surface area (Å²) in [5.41, 5.74) is 0. The number of aliphatic hydroxyl groups excluding tert-OH is 1. The van der Waals surface area contributed by atoms with Gasteiger partial charge in [-0.25, -0.2) is 0 Å². The van der Waals surface area contributed by atoms with Gasteiger partial charge in [0.25, 0.3) is 0 Å². The quantitative estimate of drug-likeness (QED) is 0.785. The fourth-order valence-electron chi connectivity index (χ4n) is 1.53. The molecule has 1 atom stereocenters. The van der Waals surface area contributed by atoms with Crippen molar-refractivity contribution in [3.63, 3.8) is 0 Å². The molecule has 1 saturated heterocycles. The molecule has 0 bridgehead atoms. The number of nitrogens with zero attached hydrogens (tertiary/aromatic N) is 1. The first-order valence-electron chi connectivity index (χ1n) is 4.99. The van der Waals surface area contributed by atoms with E-state index in [0.717, 1.165) is 0 Å². The Labute approximate surface area is 91.0 Å². The zero-order chi connectivity index (χ0) is 12.2. The van der Waals surface area contributed by atoms with Crippen molar-refractivity contribution < 1.29 is 27.8 Å². The molecule has 1 amide bonds. The molecular formula is C9H14F3NO3. The Morgan fingerprint density at radius 3 is 2.75 bits per heavy atom. The van der Waals surface area contributed by atoms with Crippen molar-refractivity contribution in [3.05, 3.63) is 0 Å². The van der Waals surface area contributed by atoms with Crippen LogP contribution in [0.1, 0.15) is 12.8 Å². The van der Waals surface area contributed by atoms with Crippen LogP contribution in [0.4, 0.5) is 13.2 Å². The Kier molecular flexibility index (Phi) is 4.55. The molecule has 1 unspecified atom stereocenters. The maximum atomic E-state index is 11.9. The molecule has 94 valence electrons. The Hall–Kier alpha value is -0.820. The topological polar surface area (TPSA) is 49.8 Å². The lowest BCUT2D eigenvalue weighted by atomic mass is 10.2. The number of morpholine rings is 1. The van der Waals surface area contributed by atoms with Gasteiger partial charge in [0.1, 0.15) is 0 Å². The van der Waals surface area contributed by atoms with Crippen molar-refractivity contribution in [1.82, 2.24) is 4.90 Å². The molecule has 4 nitrogen and oxygen atoms in total. The fraction of sp³-hybridized carbons (Fsp3) is 0.889. The highest BCUT2D eigenvalue weighted by molar-refractivity contribution is 5.76. The zero-order valence-corrected chi connectivity index (χ0v) is 8.66. The molecule has 0 spiro atoms. The minimum Gasteiger partial charge on any atom is -0.394 e. The summed E-state index contributed by atoms with van der Waals surface area (Å²) in [5.74, 6) is -0.584. The van der Waals surface area contributed by atoms with Gasteiger partial charge >= 0.3 is 6.18 Å². The van der Waals surface area contributed by atoms with Crippen molar-refractivity contribution >= 4 is 5.91 Å². The first-order chi connectivity index (χ1) is 7.44. The summed E-state index contributed by atoms with van der Waals surface area (Å²) in [6, 6.07) is -0.519. The summed E-state index contributed by atoms with van der Waals surface area (Å²) in [6.07, 6.45) is -6.02. The van der Waals surface area contributed by atoms with Crippen LogP contribution >= 0.6 is 0 Å². The predicted octanol–water partition coefficient (Wildman–Crippen LogP) is 0.549. The van der Waals surface area contributed by atoms with Gasteiger partial charge in [0.05, 0.1) is 32.3 Å². The summed E-state index contributed by atoms with van der Waals surface area (Å²) in [5, 5.41) is 8.94. The number of hydrogen-bond acceptors (Lipinski definition) is 3. The molecule has 0 radical (unpaired) electrons. The van der Waals surface area contributed by atoms with E-state index < -0.39 is 31.0 Å². The number of carbonyl (C=O) groups is 1. The van der Waals surface area contributed by atoms with Gasteiger partial charge in [-0.3, -0.25) is 4.79 Å². The van der Waals surface area contributed by atoms with E-state index in [9.17, 15) is 18.0 Å². The highest BCUT2D eigenvalue weighted by Crippen LogP contribution is 2.22. The van der Waals surface area contributed by atoms with Crippen LogP contribution in [0.3, 0.4) is 0 Å². The van der Waals surface area contributed by atoms with Crippen LogP contribution in [0.15, 0.2) is 0 Å². The molecule has 1 aliphatic heterocycles. The largest absolute Gasteiger partial charge is 0.394 e. The maximum Gasteiger partial charge on any atom is 0.389 e. The number of amides is 1. The average molecular weight is 241 g/mol. The van der Waals surface area contributed by atoms with Crippen LogP contribution in [-0.2, 0) is 9.53 Å². The molecule has 1 aliphatic rings. The third-order valence-corrected chi connectivity index (χ3v) is 2.38. The van der Waals surface area contributed by atoms with Gasteiger partial charge in [-0.05, 0) is 0 Å². The van der Waals surface area contributed by atoms with Gasteiger partial charge in [-0.1, -0.05) is 0 Å². The first-order valence-corrected chi connectivity index (χ1v) is 4.99. The number of aliphatic hydroxyl groups is 1. The van der Waals surface area contributed by atoms with Crippen molar-refractivity contribution in [2.45, 2.75) is 25.1 Å². The number of carbonyl (C=O) groups excluding carboxylic acids is 1. The molecule has 1 N–H and O–H groups in total. The van der Waals surface area contributed by atoms with Gasteiger partial charge in [0.15, 0.2) is 0 Å². The number of halogens is 3. The van der Waals surface area contributed by atoms with Gasteiger partial charge in [-0.2, -0.15) is 13.2 Å². The Balaban J connectivity index is 2.45. The second-order valence-corrected chi connectivity index (χ2v) is 3.61. The summed E-state index contributed by atoms with van der Waals surface area (Å²) < 4.78 is 40.8. The van der Waals surface area contributed by atoms with Crippen LogP contribution in [0, 0.1) is 0 Å². The summed E-state index contributed by atoms with van der Waals surface area (Å²) in [7, 11) is 0. The van der Waals surface area contributed by atoms with Crippen molar-refractivity contribution in [1.29, 1.82) is 0 Å². The smallest absolute Gasteiger partial charge is 0.389 e. The average Bonchev–Trinajstić information content (AvgIpc) is 2.25. The Bertz CT molecular complexity index is 245. The van der Waals surface area contributed by atoms with E-state index in [-0.39, 0.29) is 19.8 Å². The lowest BCUT2D eigenvalue weighted by molar-refractivity contribution is -0.155. The number of ether oxygens (including phenoxy) is 1. The van der Waals surface area contributed by atoms with Crippen LogP contribution in [0.2, 0.25) is 0 Å². The molecule has 0 aromatic carbocycles. The van der Waals surface area contributed by atoms with Crippen LogP contribution in [0.25, 0.3) is 0 Å². The normalized spacial score (nSPS) is 22.2. The monoisotopic (exact) mass is 241 g/mol. The second-order valence-electron chi connectivity index (χ2n) is 3.61. The van der Waals surface area contributed by atoms with Gasteiger partial charge in [0.2, 0.25) is 5.91 Å². The van der Waals surface area contributed by atoms with Gasteiger partial charge in [-0.15, -0.1) is 0 Å². The van der Waals surface area contributed by atoms with Crippen LogP contribution in [0.5, 0.6) is 0 Å². The third-order valence-electron chi connectivity index (χ3n) is 2.38. The third kappa shape index (κ3) is 3.97. The summed E-state index contributed by atoms with van der Waals surface area (Å²) in [4.78, 5) is 12.7. The molecule has 16 heavy (non-hydrogen) atoms. The highest BCUT2D eigenvalue weighted by Gasteiger charge is 2.32. The van der Waals surface area contributed by atoms with Crippen LogP contribution in [-0.4, -0.2) is 54.5 Å². The summed E-state index contributed by atoms with van der Waals surface area (Å²) >= 11 is 0. The van der Waals surface area contributed by atoms with Crippen molar-refractivity contribution in [2.24, 2.45) is 0 Å². The highest BCUT2D eigenvalue weighted by atomic mass is 19.4. The van der Waals surface area contributed by atoms with E-state index in [1.54, 1.807) is 0 Å². The first kappa shape index (κ1) is 13.2. The lowest BCUT2D eigenvalue weighted by Gasteiger charge is -2.34. The van der Waals surface area contributed by atoms with E-state index in [1.165, 1.54) is 4.90 Å². The second kappa shape index (κ2) is 5.49. The standard InChI is InChI=1S/C9H14F3NO3/c10-9(11,12)2-1-8(15)13-3-4-16-6-7(13)5-14/h7,14H,1-6H2. The molecule has 0 aliphatic carbocycles. The molecule has 0 aromatic heterocycles. The number of rotatable bonds is 3. The molecule has 1 rings (SSSR count). The molecule has 0 saturated carbocycles. The van der Waals surface area contributed by atoms with E-state index >= 15 is 0 Å². The Morgan fingerprint density at radius 2 is 2.19 bits per heavy atom. The van der Waals surface area contributed by atoms with Crippen molar-refractivity contribution in [2.75, 3.05) is 26.4 Å². The Morgan fingerprint density at radius 1 is 1.50 bits per heavy atom. The SMILES string of the molecule is O=C(CCC(F)(F)F)N1CCOCC1CO. The van der Waals surface area contributed by atoms with E-state index in [0.29, 0.717) is 6.61 Å². The molecular weight excluding hydrogens is 227 g/mol. The van der Waals surface area contributed by atoms with Crippen LogP contribution < -0.4 is 0 Å². The summed E-state index contributed by atoms with van der Waals surface area (Å²) in [6.45, 7) is 0.419.